The van der Waals surface area contributed by atoms with Gasteiger partial charge >= 0.3 is 0 Å². The van der Waals surface area contributed by atoms with Crippen molar-refractivity contribution in [2.45, 2.75) is 0 Å². The van der Waals surface area contributed by atoms with E-state index in [2.05, 4.69) is 117 Å². The van der Waals surface area contributed by atoms with E-state index >= 15 is 0 Å². The molecule has 0 radical (unpaired) electrons. The highest BCUT2D eigenvalue weighted by molar-refractivity contribution is 6.27. The molecule has 0 fully saturated rings. The molecular weight excluding hydrogens is 536 g/mol. The molecule has 6 aromatic carbocycles. The van der Waals surface area contributed by atoms with Crippen LogP contribution in [0, 0.1) is 0 Å². The minimum Gasteiger partial charge on any atom is -0.255 e. The maximum atomic E-state index is 4.61. The van der Waals surface area contributed by atoms with Gasteiger partial charge in [-0.1, -0.05) is 84.9 Å². The fraction of sp³-hybridized carbons (Fsp3) is 0. The Morgan fingerprint density at radius 3 is 1.25 bits per heavy atom. The Hall–Kier alpha value is -6.00. The number of benzene rings is 6. The molecule has 0 saturated carbocycles. The molecule has 44 heavy (non-hydrogen) atoms. The zero-order chi connectivity index (χ0) is 29.3. The van der Waals surface area contributed by atoms with Crippen LogP contribution >= 0.6 is 0 Å². The van der Waals surface area contributed by atoms with E-state index in [0.29, 0.717) is 0 Å². The van der Waals surface area contributed by atoms with Gasteiger partial charge in [0.2, 0.25) is 0 Å². The van der Waals surface area contributed by atoms with Crippen molar-refractivity contribution in [2.24, 2.45) is 9.98 Å². The minimum atomic E-state index is 0.841. The van der Waals surface area contributed by atoms with Crippen molar-refractivity contribution in [1.82, 2.24) is 9.97 Å². The van der Waals surface area contributed by atoms with Crippen molar-refractivity contribution < 1.29 is 0 Å². The van der Waals surface area contributed by atoms with Crippen LogP contribution in [0.25, 0.3) is 54.6 Å². The third-order valence-electron chi connectivity index (χ3n) is 8.09. The number of hydrogen-bond acceptors (Lipinski definition) is 4. The molecule has 0 unspecified atom stereocenters. The molecule has 0 aliphatic carbocycles. The topological polar surface area (TPSA) is 50.5 Å². The Morgan fingerprint density at radius 2 is 0.841 bits per heavy atom. The van der Waals surface area contributed by atoms with Gasteiger partial charge < -0.3 is 0 Å². The van der Waals surface area contributed by atoms with Crippen LogP contribution in [0.15, 0.2) is 156 Å². The molecule has 2 heterocycles. The van der Waals surface area contributed by atoms with Gasteiger partial charge in [0.1, 0.15) is 0 Å². The molecule has 2 aromatic heterocycles. The van der Waals surface area contributed by atoms with Gasteiger partial charge in [-0.2, -0.15) is 0 Å². The molecular formula is C40H26N4. The standard InChI is InChI=1S/C40H26N4/c1-3-23-41-33(5-1)25-43-31-15-7-27(8-16-31)35-19-11-29-14-22-38-36(20-12-30-13-21-37(35)39(29)40(30)38)28-9-17-32(18-10-28)44-26-34-6-2-4-24-42-34/h1-26H. The van der Waals surface area contributed by atoms with Gasteiger partial charge in [-0.05, 0) is 103 Å². The Balaban J connectivity index is 1.17. The third-order valence-corrected chi connectivity index (χ3v) is 8.09. The predicted molar refractivity (Wildman–Crippen MR) is 184 cm³/mol. The molecule has 0 amide bonds. The summed E-state index contributed by atoms with van der Waals surface area (Å²) in [5.41, 5.74) is 8.25. The van der Waals surface area contributed by atoms with Gasteiger partial charge in [0.25, 0.3) is 0 Å². The molecule has 8 aromatic rings. The molecule has 8 rings (SSSR count). The van der Waals surface area contributed by atoms with Crippen LogP contribution in [0.1, 0.15) is 11.4 Å². The third kappa shape index (κ3) is 4.79. The Bertz CT molecular complexity index is 2120. The van der Waals surface area contributed by atoms with E-state index in [1.165, 1.54) is 54.6 Å². The van der Waals surface area contributed by atoms with Gasteiger partial charge in [-0.25, -0.2) is 0 Å². The summed E-state index contributed by atoms with van der Waals surface area (Å²) in [5, 5.41) is 7.59. The molecule has 0 saturated heterocycles. The molecule has 0 bridgehead atoms. The van der Waals surface area contributed by atoms with Crippen LogP contribution in [0.2, 0.25) is 0 Å². The summed E-state index contributed by atoms with van der Waals surface area (Å²) in [6.45, 7) is 0. The summed E-state index contributed by atoms with van der Waals surface area (Å²) < 4.78 is 0. The van der Waals surface area contributed by atoms with Crippen molar-refractivity contribution in [3.05, 3.63) is 157 Å². The first kappa shape index (κ1) is 25.7. The number of pyridine rings is 2. The average Bonchev–Trinajstić information content (AvgIpc) is 3.10. The van der Waals surface area contributed by atoms with Gasteiger partial charge in [0, 0.05) is 12.4 Å². The molecule has 0 N–H and O–H groups in total. The Kier molecular flexibility index (Phi) is 6.43. The smallest absolute Gasteiger partial charge is 0.0812 e. The Morgan fingerprint density at radius 1 is 0.409 bits per heavy atom. The number of aromatic nitrogens is 2. The lowest BCUT2D eigenvalue weighted by atomic mass is 9.87. The van der Waals surface area contributed by atoms with Crippen LogP contribution < -0.4 is 0 Å². The molecule has 0 aliphatic rings. The minimum absolute atomic E-state index is 0.841. The lowest BCUT2D eigenvalue weighted by Gasteiger charge is -2.16. The molecule has 0 spiro atoms. The zero-order valence-electron chi connectivity index (χ0n) is 23.8. The quantitative estimate of drug-likeness (QED) is 0.150. The molecule has 0 aliphatic heterocycles. The normalized spacial score (nSPS) is 11.9. The van der Waals surface area contributed by atoms with Crippen LogP contribution in [0.3, 0.4) is 0 Å². The van der Waals surface area contributed by atoms with Gasteiger partial charge in [0.05, 0.1) is 35.2 Å². The fourth-order valence-electron chi connectivity index (χ4n) is 5.94. The van der Waals surface area contributed by atoms with Gasteiger partial charge in [-0.15, -0.1) is 0 Å². The number of aliphatic imine (C=N–C) groups is 2. The van der Waals surface area contributed by atoms with E-state index in [4.69, 9.17) is 0 Å². The molecule has 4 nitrogen and oxygen atoms in total. The predicted octanol–water partition coefficient (Wildman–Crippen LogP) is 10.2. The van der Waals surface area contributed by atoms with Crippen molar-refractivity contribution >= 4 is 56.1 Å². The highest BCUT2D eigenvalue weighted by atomic mass is 14.8. The largest absolute Gasteiger partial charge is 0.255 e. The van der Waals surface area contributed by atoms with E-state index in [1.807, 2.05) is 36.4 Å². The summed E-state index contributed by atoms with van der Waals surface area (Å²) in [4.78, 5) is 17.9. The first-order valence-corrected chi connectivity index (χ1v) is 14.6. The summed E-state index contributed by atoms with van der Waals surface area (Å²) in [6, 6.07) is 46.5. The second-order valence-electron chi connectivity index (χ2n) is 10.8. The summed E-state index contributed by atoms with van der Waals surface area (Å²) in [7, 11) is 0. The van der Waals surface area contributed by atoms with Crippen LogP contribution in [0.5, 0.6) is 0 Å². The number of rotatable bonds is 6. The maximum Gasteiger partial charge on any atom is 0.0812 e. The van der Waals surface area contributed by atoms with Crippen LogP contribution in [-0.2, 0) is 0 Å². The van der Waals surface area contributed by atoms with E-state index in [0.717, 1.165) is 22.8 Å². The fourth-order valence-corrected chi connectivity index (χ4v) is 5.94. The van der Waals surface area contributed by atoms with Gasteiger partial charge in [0.15, 0.2) is 0 Å². The highest BCUT2D eigenvalue weighted by Gasteiger charge is 2.15. The number of nitrogens with zero attached hydrogens (tertiary/aromatic N) is 4. The summed E-state index contributed by atoms with van der Waals surface area (Å²) >= 11 is 0. The van der Waals surface area contributed by atoms with Crippen molar-refractivity contribution in [1.29, 1.82) is 0 Å². The molecule has 0 atom stereocenters. The first-order valence-electron chi connectivity index (χ1n) is 14.6. The van der Waals surface area contributed by atoms with Crippen molar-refractivity contribution in [3.8, 4) is 22.3 Å². The van der Waals surface area contributed by atoms with Crippen LogP contribution in [-0.4, -0.2) is 22.4 Å². The SMILES string of the molecule is C(=Nc1ccc(-c2ccc3ccc4c(-c5ccc(N=Cc6ccccn6)cc5)ccc5ccc2c3c54)cc1)c1ccccn1. The van der Waals surface area contributed by atoms with Crippen molar-refractivity contribution in [2.75, 3.05) is 0 Å². The average molecular weight is 563 g/mol. The second kappa shape index (κ2) is 11.0. The van der Waals surface area contributed by atoms with E-state index in [-0.39, 0.29) is 0 Å². The second-order valence-corrected chi connectivity index (χ2v) is 10.8. The van der Waals surface area contributed by atoms with E-state index in [1.54, 1.807) is 24.8 Å². The lowest BCUT2D eigenvalue weighted by molar-refractivity contribution is 1.30. The lowest BCUT2D eigenvalue weighted by Crippen LogP contribution is -1.89. The summed E-state index contributed by atoms with van der Waals surface area (Å²) in [6.07, 6.45) is 7.15. The Labute approximate surface area is 255 Å². The molecule has 4 heteroatoms. The highest BCUT2D eigenvalue weighted by Crippen LogP contribution is 2.42. The maximum absolute atomic E-state index is 4.61. The van der Waals surface area contributed by atoms with E-state index in [9.17, 15) is 0 Å². The van der Waals surface area contributed by atoms with E-state index < -0.39 is 0 Å². The zero-order valence-corrected chi connectivity index (χ0v) is 23.8. The first-order chi connectivity index (χ1) is 21.8. The summed E-state index contributed by atoms with van der Waals surface area (Å²) in [5.74, 6) is 0. The van der Waals surface area contributed by atoms with Crippen molar-refractivity contribution in [3.63, 3.8) is 0 Å². The van der Waals surface area contributed by atoms with Crippen LogP contribution in [0.4, 0.5) is 11.4 Å². The molecule has 206 valence electrons. The van der Waals surface area contributed by atoms with Gasteiger partial charge in [-0.3, -0.25) is 20.0 Å². The monoisotopic (exact) mass is 562 g/mol. The number of hydrogen-bond donors (Lipinski definition) is 0.